The van der Waals surface area contributed by atoms with Crippen LogP contribution in [0.15, 0.2) is 18.2 Å². The number of hydrogen-bond donors (Lipinski definition) is 1. The number of carbonyl (C=O) groups is 2. The normalized spacial score (nSPS) is 17.7. The van der Waals surface area contributed by atoms with Crippen molar-refractivity contribution in [1.29, 1.82) is 0 Å². The quantitative estimate of drug-likeness (QED) is 0.628. The predicted octanol–water partition coefficient (Wildman–Crippen LogP) is 4.95. The van der Waals surface area contributed by atoms with Gasteiger partial charge in [0.1, 0.15) is 29.3 Å². The molecule has 1 fully saturated rings. The summed E-state index contributed by atoms with van der Waals surface area (Å²) in [7, 11) is 1.51. The minimum absolute atomic E-state index is 0.124. The molecule has 1 amide bonds. The second-order valence-corrected chi connectivity index (χ2v) is 8.97. The maximum absolute atomic E-state index is 13.7. The number of alkyl carbamates (subject to hydrolysis) is 1. The van der Waals surface area contributed by atoms with Gasteiger partial charge in [0, 0.05) is 17.5 Å². The second-order valence-electron chi connectivity index (χ2n) is 8.97. The lowest BCUT2D eigenvalue weighted by atomic mass is 9.80. The summed E-state index contributed by atoms with van der Waals surface area (Å²) in [6.45, 7) is 8.64. The summed E-state index contributed by atoms with van der Waals surface area (Å²) in [4.78, 5) is 24.6. The van der Waals surface area contributed by atoms with E-state index in [0.29, 0.717) is 11.7 Å². The van der Waals surface area contributed by atoms with Crippen LogP contribution in [0, 0.1) is 11.7 Å². The average Bonchev–Trinajstić information content (AvgIpc) is 3.15. The Labute approximate surface area is 178 Å². The molecule has 1 aromatic carbocycles. The summed E-state index contributed by atoms with van der Waals surface area (Å²) in [5, 5.41) is 2.51. The summed E-state index contributed by atoms with van der Waals surface area (Å²) in [5.41, 5.74) is 0.173. The van der Waals surface area contributed by atoms with Crippen LogP contribution in [0.5, 0.6) is 5.75 Å². The lowest BCUT2D eigenvalue weighted by molar-refractivity contribution is -0.152. The van der Waals surface area contributed by atoms with E-state index in [1.165, 1.54) is 19.2 Å². The van der Waals surface area contributed by atoms with Crippen LogP contribution in [-0.4, -0.2) is 36.9 Å². The Hall–Kier alpha value is -2.31. The summed E-state index contributed by atoms with van der Waals surface area (Å²) < 4.78 is 30.1. The fraction of sp³-hybridized carbons (Fsp3) is 0.652. The molecule has 0 aromatic heterocycles. The van der Waals surface area contributed by atoms with Gasteiger partial charge in [-0.25, -0.2) is 14.0 Å². The molecule has 0 saturated heterocycles. The number of amides is 1. The predicted molar refractivity (Wildman–Crippen MR) is 112 cm³/mol. The first-order chi connectivity index (χ1) is 14.0. The molecule has 1 N–H and O–H groups in total. The van der Waals surface area contributed by atoms with Crippen LogP contribution in [0.3, 0.4) is 0 Å². The number of carbonyl (C=O) groups excluding carboxylic acids is 2. The molecule has 0 heterocycles. The van der Waals surface area contributed by atoms with Gasteiger partial charge in [0.15, 0.2) is 0 Å². The first-order valence-corrected chi connectivity index (χ1v) is 10.5. The molecule has 1 aromatic rings. The van der Waals surface area contributed by atoms with Crippen LogP contribution in [-0.2, 0) is 14.3 Å². The van der Waals surface area contributed by atoms with Crippen LogP contribution < -0.4 is 10.1 Å². The maximum atomic E-state index is 13.7. The maximum Gasteiger partial charge on any atom is 0.408 e. The van der Waals surface area contributed by atoms with Gasteiger partial charge in [0.2, 0.25) is 0 Å². The molecule has 0 bridgehead atoms. The first kappa shape index (κ1) is 24.0. The van der Waals surface area contributed by atoms with Crippen LogP contribution in [0.2, 0.25) is 0 Å². The van der Waals surface area contributed by atoms with Gasteiger partial charge in [0.05, 0.1) is 7.11 Å². The summed E-state index contributed by atoms with van der Waals surface area (Å²) in [5.74, 6) is -0.283. The monoisotopic (exact) mass is 423 g/mol. The third-order valence-corrected chi connectivity index (χ3v) is 5.36. The van der Waals surface area contributed by atoms with Crippen molar-refractivity contribution in [3.05, 3.63) is 29.6 Å². The van der Waals surface area contributed by atoms with Gasteiger partial charge in [0.25, 0.3) is 0 Å². The third kappa shape index (κ3) is 6.61. The van der Waals surface area contributed by atoms with Gasteiger partial charge in [-0.1, -0.05) is 18.9 Å². The number of benzene rings is 1. The molecule has 6 nitrogen and oxygen atoms in total. The highest BCUT2D eigenvalue weighted by Gasteiger charge is 2.35. The number of methoxy groups -OCH3 is 1. The SMILES string of the molecule is COc1cc(F)ccc1[C@@H](C1CCCC1)[C@H](C)OC(=O)[C@H](C)NC(=O)OC(C)(C)C. The van der Waals surface area contributed by atoms with Crippen molar-refractivity contribution in [2.45, 2.75) is 84.0 Å². The molecule has 3 atom stereocenters. The van der Waals surface area contributed by atoms with E-state index in [1.807, 2.05) is 6.92 Å². The Morgan fingerprint density at radius 2 is 1.80 bits per heavy atom. The van der Waals surface area contributed by atoms with Gasteiger partial charge in [-0.05, 0) is 59.4 Å². The van der Waals surface area contributed by atoms with E-state index in [0.717, 1.165) is 31.2 Å². The summed E-state index contributed by atoms with van der Waals surface area (Å²) in [6, 6.07) is 3.62. The van der Waals surface area contributed by atoms with E-state index in [2.05, 4.69) is 5.32 Å². The molecule has 30 heavy (non-hydrogen) atoms. The largest absolute Gasteiger partial charge is 0.496 e. The highest BCUT2D eigenvalue weighted by Crippen LogP contribution is 2.43. The van der Waals surface area contributed by atoms with E-state index in [1.54, 1.807) is 33.8 Å². The number of ether oxygens (including phenoxy) is 3. The molecule has 1 aliphatic rings. The number of esters is 1. The van der Waals surface area contributed by atoms with Crippen molar-refractivity contribution in [1.82, 2.24) is 5.32 Å². The zero-order chi connectivity index (χ0) is 22.5. The molecular formula is C23H34FNO5. The van der Waals surface area contributed by atoms with Crippen LogP contribution >= 0.6 is 0 Å². The van der Waals surface area contributed by atoms with Gasteiger partial charge in [-0.3, -0.25) is 0 Å². The van der Waals surface area contributed by atoms with Crippen molar-refractivity contribution in [2.75, 3.05) is 7.11 Å². The lowest BCUT2D eigenvalue weighted by Crippen LogP contribution is -2.43. The fourth-order valence-corrected chi connectivity index (χ4v) is 4.07. The minimum atomic E-state index is -0.860. The highest BCUT2D eigenvalue weighted by molar-refractivity contribution is 5.81. The van der Waals surface area contributed by atoms with Crippen LogP contribution in [0.25, 0.3) is 0 Å². The molecule has 0 spiro atoms. The number of nitrogens with one attached hydrogen (secondary N) is 1. The molecule has 168 valence electrons. The zero-order valence-electron chi connectivity index (χ0n) is 18.8. The van der Waals surface area contributed by atoms with Crippen molar-refractivity contribution in [3.63, 3.8) is 0 Å². The summed E-state index contributed by atoms with van der Waals surface area (Å²) >= 11 is 0. The molecule has 0 aliphatic heterocycles. The average molecular weight is 424 g/mol. The second kappa shape index (κ2) is 10.1. The van der Waals surface area contributed by atoms with Crippen molar-refractivity contribution in [2.24, 2.45) is 5.92 Å². The molecular weight excluding hydrogens is 389 g/mol. The fourth-order valence-electron chi connectivity index (χ4n) is 4.07. The Kier molecular flexibility index (Phi) is 8.10. The minimum Gasteiger partial charge on any atom is -0.496 e. The Morgan fingerprint density at radius 1 is 1.17 bits per heavy atom. The molecule has 0 radical (unpaired) electrons. The highest BCUT2D eigenvalue weighted by atomic mass is 19.1. The van der Waals surface area contributed by atoms with Crippen molar-refractivity contribution in [3.8, 4) is 5.75 Å². The molecule has 1 saturated carbocycles. The topological polar surface area (TPSA) is 73.9 Å². The van der Waals surface area contributed by atoms with Gasteiger partial charge >= 0.3 is 12.1 Å². The van der Waals surface area contributed by atoms with Gasteiger partial charge in [-0.15, -0.1) is 0 Å². The van der Waals surface area contributed by atoms with E-state index >= 15 is 0 Å². The van der Waals surface area contributed by atoms with E-state index in [9.17, 15) is 14.0 Å². The van der Waals surface area contributed by atoms with Crippen LogP contribution in [0.4, 0.5) is 9.18 Å². The molecule has 2 rings (SSSR count). The smallest absolute Gasteiger partial charge is 0.408 e. The zero-order valence-corrected chi connectivity index (χ0v) is 18.8. The molecule has 1 aliphatic carbocycles. The summed E-state index contributed by atoms with van der Waals surface area (Å²) in [6.07, 6.45) is 3.11. The van der Waals surface area contributed by atoms with E-state index in [4.69, 9.17) is 14.2 Å². The van der Waals surface area contributed by atoms with E-state index in [-0.39, 0.29) is 11.7 Å². The lowest BCUT2D eigenvalue weighted by Gasteiger charge is -2.31. The Bertz CT molecular complexity index is 740. The Balaban J connectivity index is 2.14. The van der Waals surface area contributed by atoms with Crippen molar-refractivity contribution < 1.29 is 28.2 Å². The third-order valence-electron chi connectivity index (χ3n) is 5.36. The van der Waals surface area contributed by atoms with Crippen molar-refractivity contribution >= 4 is 12.1 Å². The molecule has 0 unspecified atom stereocenters. The first-order valence-electron chi connectivity index (χ1n) is 10.5. The number of hydrogen-bond acceptors (Lipinski definition) is 5. The van der Waals surface area contributed by atoms with E-state index < -0.39 is 29.8 Å². The van der Waals surface area contributed by atoms with Gasteiger partial charge < -0.3 is 19.5 Å². The van der Waals surface area contributed by atoms with Gasteiger partial charge in [-0.2, -0.15) is 0 Å². The Morgan fingerprint density at radius 3 is 2.37 bits per heavy atom. The molecule has 7 heteroatoms. The number of halogens is 1. The standard InChI is InChI=1S/C23H34FNO5/c1-14(25-22(27)30-23(3,4)5)21(26)29-15(2)20(16-9-7-8-10-16)18-12-11-17(24)13-19(18)28-6/h11-16,20H,7-10H2,1-6H3,(H,25,27)/t14-,15-,20+/m0/s1. The number of rotatable bonds is 7. The van der Waals surface area contributed by atoms with Crippen LogP contribution in [0.1, 0.15) is 71.8 Å².